The minimum atomic E-state index is 0.131. The third-order valence-corrected chi connectivity index (χ3v) is 3.63. The van der Waals surface area contributed by atoms with Crippen molar-refractivity contribution in [1.82, 2.24) is 9.27 Å². The van der Waals surface area contributed by atoms with E-state index in [0.717, 1.165) is 5.56 Å². The van der Waals surface area contributed by atoms with E-state index in [1.807, 2.05) is 23.9 Å². The molecule has 2 aromatic heterocycles. The van der Waals surface area contributed by atoms with Crippen LogP contribution in [0.4, 0.5) is 0 Å². The fourth-order valence-electron chi connectivity index (χ4n) is 1.37. The van der Waals surface area contributed by atoms with Crippen LogP contribution in [0.1, 0.15) is 11.1 Å². The Balaban J connectivity index is 1.90. The van der Waals surface area contributed by atoms with Gasteiger partial charge in [-0.2, -0.15) is 11.3 Å². The van der Waals surface area contributed by atoms with Gasteiger partial charge in [-0.15, -0.1) is 0 Å². The second kappa shape index (κ2) is 5.23. The van der Waals surface area contributed by atoms with E-state index >= 15 is 0 Å². The van der Waals surface area contributed by atoms with E-state index in [4.69, 9.17) is 0 Å². The number of aromatic nitrogens is 1. The number of thiophene rings is 1. The zero-order valence-electron chi connectivity index (χ0n) is 8.92. The van der Waals surface area contributed by atoms with Crippen molar-refractivity contribution >= 4 is 28.8 Å². The molecule has 5 heteroatoms. The first-order chi connectivity index (χ1) is 7.75. The number of rotatable bonds is 4. The van der Waals surface area contributed by atoms with E-state index in [2.05, 4.69) is 9.75 Å². The highest BCUT2D eigenvalue weighted by Gasteiger charge is 2.10. The fourth-order valence-corrected chi connectivity index (χ4v) is 2.56. The van der Waals surface area contributed by atoms with E-state index in [9.17, 15) is 4.79 Å². The van der Waals surface area contributed by atoms with Gasteiger partial charge in [-0.3, -0.25) is 4.79 Å². The van der Waals surface area contributed by atoms with Gasteiger partial charge in [0.1, 0.15) is 0 Å². The fraction of sp³-hybridized carbons (Fsp3) is 0.273. The number of hydrogen-bond donors (Lipinski definition) is 0. The Bertz CT molecular complexity index is 437. The van der Waals surface area contributed by atoms with Gasteiger partial charge in [-0.05, 0) is 39.5 Å². The number of carbonyl (C=O) groups excluding carboxylic acids is 1. The molecule has 0 saturated heterocycles. The van der Waals surface area contributed by atoms with Crippen molar-refractivity contribution in [2.45, 2.75) is 13.0 Å². The van der Waals surface area contributed by atoms with Crippen LogP contribution >= 0.6 is 22.9 Å². The van der Waals surface area contributed by atoms with E-state index in [-0.39, 0.29) is 5.91 Å². The minimum absolute atomic E-state index is 0.131. The molecule has 0 aliphatic rings. The van der Waals surface area contributed by atoms with Gasteiger partial charge < -0.3 is 4.90 Å². The zero-order chi connectivity index (χ0) is 11.4. The summed E-state index contributed by atoms with van der Waals surface area (Å²) in [5, 5.41) is 6.00. The van der Waals surface area contributed by atoms with Crippen LogP contribution < -0.4 is 0 Å². The highest BCUT2D eigenvalue weighted by atomic mass is 32.1. The Labute approximate surface area is 103 Å². The lowest BCUT2D eigenvalue weighted by molar-refractivity contribution is -0.129. The summed E-state index contributed by atoms with van der Waals surface area (Å²) in [5.74, 6) is 0.131. The maximum Gasteiger partial charge on any atom is 0.227 e. The molecule has 1 amide bonds. The van der Waals surface area contributed by atoms with Crippen LogP contribution in [0.25, 0.3) is 0 Å². The van der Waals surface area contributed by atoms with Gasteiger partial charge in [-0.1, -0.05) is 0 Å². The lowest BCUT2D eigenvalue weighted by Crippen LogP contribution is -2.27. The molecule has 0 aliphatic carbocycles. The Morgan fingerprint density at radius 3 is 2.94 bits per heavy atom. The highest BCUT2D eigenvalue weighted by molar-refractivity contribution is 7.07. The molecule has 0 fully saturated rings. The molecule has 0 aliphatic heterocycles. The maximum atomic E-state index is 11.8. The molecule has 84 valence electrons. The van der Waals surface area contributed by atoms with Crippen LogP contribution in [0.5, 0.6) is 0 Å². The van der Waals surface area contributed by atoms with Crippen molar-refractivity contribution in [3.05, 3.63) is 39.5 Å². The summed E-state index contributed by atoms with van der Waals surface area (Å²) < 4.78 is 3.98. The first kappa shape index (κ1) is 11.3. The standard InChI is InChI=1S/C11H12N2OS2/c1-13(6-9-2-3-15-7-9)11(14)4-10-5-12-16-8-10/h2-3,5,7-8H,4,6H2,1H3. The predicted octanol–water partition coefficient (Wildman–Crippen LogP) is 2.41. The SMILES string of the molecule is CN(Cc1ccsc1)C(=O)Cc1cnsc1. The summed E-state index contributed by atoms with van der Waals surface area (Å²) in [6.07, 6.45) is 2.19. The Morgan fingerprint density at radius 1 is 1.44 bits per heavy atom. The van der Waals surface area contributed by atoms with Gasteiger partial charge in [0.2, 0.25) is 5.91 Å². The molecule has 0 unspecified atom stereocenters. The molecule has 0 atom stereocenters. The molecule has 0 spiro atoms. The van der Waals surface area contributed by atoms with Gasteiger partial charge in [0.15, 0.2) is 0 Å². The summed E-state index contributed by atoms with van der Waals surface area (Å²) in [5.41, 5.74) is 2.18. The average molecular weight is 252 g/mol. The lowest BCUT2D eigenvalue weighted by Gasteiger charge is -2.15. The van der Waals surface area contributed by atoms with Crippen molar-refractivity contribution in [2.75, 3.05) is 7.05 Å². The van der Waals surface area contributed by atoms with Gasteiger partial charge in [0.25, 0.3) is 0 Å². The van der Waals surface area contributed by atoms with Gasteiger partial charge >= 0.3 is 0 Å². The van der Waals surface area contributed by atoms with E-state index in [0.29, 0.717) is 13.0 Å². The molecule has 0 N–H and O–H groups in total. The quantitative estimate of drug-likeness (QED) is 0.837. The molecule has 0 radical (unpaired) electrons. The summed E-state index contributed by atoms with van der Waals surface area (Å²) in [6, 6.07) is 2.04. The Kier molecular flexibility index (Phi) is 3.69. The third kappa shape index (κ3) is 2.90. The second-order valence-corrected chi connectivity index (χ2v) is 5.03. The van der Waals surface area contributed by atoms with Crippen molar-refractivity contribution in [3.8, 4) is 0 Å². The largest absolute Gasteiger partial charge is 0.341 e. The van der Waals surface area contributed by atoms with Crippen LogP contribution in [0.2, 0.25) is 0 Å². The van der Waals surface area contributed by atoms with Crippen molar-refractivity contribution in [3.63, 3.8) is 0 Å². The summed E-state index contributed by atoms with van der Waals surface area (Å²) >= 11 is 3.03. The molecule has 2 aromatic rings. The monoisotopic (exact) mass is 252 g/mol. The summed E-state index contributed by atoms with van der Waals surface area (Å²) in [6.45, 7) is 0.680. The Morgan fingerprint density at radius 2 is 2.31 bits per heavy atom. The molecule has 16 heavy (non-hydrogen) atoms. The predicted molar refractivity (Wildman–Crippen MR) is 66.6 cm³/mol. The van der Waals surface area contributed by atoms with Crippen LogP contribution in [-0.2, 0) is 17.8 Å². The molecule has 0 bridgehead atoms. The van der Waals surface area contributed by atoms with Crippen LogP contribution in [-0.4, -0.2) is 22.2 Å². The maximum absolute atomic E-state index is 11.8. The van der Waals surface area contributed by atoms with E-state index in [1.165, 1.54) is 17.1 Å². The highest BCUT2D eigenvalue weighted by Crippen LogP contribution is 2.10. The first-order valence-electron chi connectivity index (χ1n) is 4.89. The van der Waals surface area contributed by atoms with Crippen LogP contribution in [0.3, 0.4) is 0 Å². The lowest BCUT2D eigenvalue weighted by atomic mass is 10.2. The average Bonchev–Trinajstić information content (AvgIpc) is 2.90. The van der Waals surface area contributed by atoms with E-state index in [1.54, 1.807) is 22.4 Å². The number of carbonyl (C=O) groups is 1. The second-order valence-electron chi connectivity index (χ2n) is 3.59. The number of nitrogens with zero attached hydrogens (tertiary/aromatic N) is 2. The van der Waals surface area contributed by atoms with Crippen molar-refractivity contribution < 1.29 is 4.79 Å². The van der Waals surface area contributed by atoms with Gasteiger partial charge in [0.05, 0.1) is 6.42 Å². The Hall–Kier alpha value is -1.20. The van der Waals surface area contributed by atoms with Crippen LogP contribution in [0.15, 0.2) is 28.4 Å². The van der Waals surface area contributed by atoms with Gasteiger partial charge in [0, 0.05) is 25.2 Å². The molecule has 2 rings (SSSR count). The van der Waals surface area contributed by atoms with Gasteiger partial charge in [-0.25, -0.2) is 4.37 Å². The smallest absolute Gasteiger partial charge is 0.227 e. The normalized spacial score (nSPS) is 10.3. The summed E-state index contributed by atoms with van der Waals surface area (Å²) in [4.78, 5) is 13.6. The first-order valence-corrected chi connectivity index (χ1v) is 6.67. The van der Waals surface area contributed by atoms with Crippen molar-refractivity contribution in [2.24, 2.45) is 0 Å². The zero-order valence-corrected chi connectivity index (χ0v) is 10.6. The molecule has 3 nitrogen and oxygen atoms in total. The molecular weight excluding hydrogens is 240 g/mol. The molecule has 0 aromatic carbocycles. The topological polar surface area (TPSA) is 33.2 Å². The molecular formula is C11H12N2OS2. The third-order valence-electron chi connectivity index (χ3n) is 2.26. The van der Waals surface area contributed by atoms with Crippen LogP contribution in [0, 0.1) is 0 Å². The number of hydrogen-bond acceptors (Lipinski definition) is 4. The summed E-state index contributed by atoms with van der Waals surface area (Å²) in [7, 11) is 1.83. The molecule has 0 saturated carbocycles. The van der Waals surface area contributed by atoms with Crippen molar-refractivity contribution in [1.29, 1.82) is 0 Å². The van der Waals surface area contributed by atoms with E-state index < -0.39 is 0 Å². The minimum Gasteiger partial charge on any atom is -0.341 e. The number of likely N-dealkylation sites (N-methyl/N-ethyl adjacent to an activating group) is 1. The number of amides is 1. The molecule has 2 heterocycles.